The summed E-state index contributed by atoms with van der Waals surface area (Å²) in [4.78, 5) is 24.3. The molecule has 0 amide bonds. The third-order valence-corrected chi connectivity index (χ3v) is 6.76. The first kappa shape index (κ1) is 19.4. The van der Waals surface area contributed by atoms with Gasteiger partial charge in [-0.3, -0.25) is 4.79 Å². The SMILES string of the molecule is COc1c(C2CNC3(CCC3)CN2)c(F)cc2c(=O)c(C(=O)O)cn(C3CC3F)c12. The van der Waals surface area contributed by atoms with Crippen LogP contribution in [0.2, 0.25) is 0 Å². The molecule has 3 aliphatic rings. The molecule has 1 aliphatic heterocycles. The van der Waals surface area contributed by atoms with E-state index in [0.29, 0.717) is 13.1 Å². The number of aromatic nitrogens is 1. The number of carbonyl (C=O) groups is 1. The number of halogens is 2. The third kappa shape index (κ3) is 2.83. The van der Waals surface area contributed by atoms with Crippen molar-refractivity contribution in [1.29, 1.82) is 0 Å². The van der Waals surface area contributed by atoms with Crippen LogP contribution in [0.15, 0.2) is 17.1 Å². The predicted octanol–water partition coefficient (Wildman–Crippen LogP) is 2.29. The summed E-state index contributed by atoms with van der Waals surface area (Å²) in [7, 11) is 1.38. The lowest BCUT2D eigenvalue weighted by atomic mass is 9.75. The summed E-state index contributed by atoms with van der Waals surface area (Å²) in [5.74, 6) is -1.94. The van der Waals surface area contributed by atoms with Gasteiger partial charge in [-0.2, -0.15) is 0 Å². The van der Waals surface area contributed by atoms with Gasteiger partial charge >= 0.3 is 5.97 Å². The quantitative estimate of drug-likeness (QED) is 0.704. The normalized spacial score (nSPS) is 27.1. The van der Waals surface area contributed by atoms with Crippen LogP contribution in [0.25, 0.3) is 10.9 Å². The number of alkyl halides is 1. The van der Waals surface area contributed by atoms with E-state index in [1.165, 1.54) is 11.7 Å². The number of pyridine rings is 1. The van der Waals surface area contributed by atoms with Crippen molar-refractivity contribution in [3.8, 4) is 5.75 Å². The molecule has 1 aromatic heterocycles. The molecule has 2 aliphatic carbocycles. The Labute approximate surface area is 171 Å². The van der Waals surface area contributed by atoms with Gasteiger partial charge in [0, 0.05) is 31.2 Å². The zero-order valence-corrected chi connectivity index (χ0v) is 16.5. The highest BCUT2D eigenvalue weighted by molar-refractivity contribution is 5.95. The van der Waals surface area contributed by atoms with Crippen LogP contribution < -0.4 is 20.8 Å². The van der Waals surface area contributed by atoms with Crippen LogP contribution in [0.3, 0.4) is 0 Å². The summed E-state index contributed by atoms with van der Waals surface area (Å²) in [6, 6.07) is 0.0662. The zero-order chi connectivity index (χ0) is 21.2. The molecule has 1 aromatic carbocycles. The van der Waals surface area contributed by atoms with E-state index in [1.807, 2.05) is 0 Å². The first-order valence-corrected chi connectivity index (χ1v) is 10.2. The van der Waals surface area contributed by atoms with Crippen molar-refractivity contribution in [2.75, 3.05) is 20.2 Å². The first-order valence-electron chi connectivity index (χ1n) is 10.2. The molecule has 5 rings (SSSR count). The Hall–Kier alpha value is -2.52. The van der Waals surface area contributed by atoms with Gasteiger partial charge in [-0.15, -0.1) is 0 Å². The molecular formula is C21H23F2N3O4. The van der Waals surface area contributed by atoms with E-state index in [0.717, 1.165) is 31.5 Å². The van der Waals surface area contributed by atoms with E-state index in [2.05, 4.69) is 10.6 Å². The molecule has 0 radical (unpaired) electrons. The average molecular weight is 419 g/mol. The number of fused-ring (bicyclic) bond motifs is 1. The molecule has 3 fully saturated rings. The Morgan fingerprint density at radius 1 is 1.40 bits per heavy atom. The van der Waals surface area contributed by atoms with Crippen LogP contribution in [-0.4, -0.2) is 47.6 Å². The smallest absolute Gasteiger partial charge is 0.341 e. The molecule has 7 nitrogen and oxygen atoms in total. The molecule has 2 heterocycles. The maximum Gasteiger partial charge on any atom is 0.341 e. The Morgan fingerprint density at radius 3 is 2.63 bits per heavy atom. The molecule has 9 heteroatoms. The summed E-state index contributed by atoms with van der Waals surface area (Å²) in [5.41, 5.74) is -0.763. The second kappa shape index (κ2) is 6.75. The molecule has 2 aromatic rings. The summed E-state index contributed by atoms with van der Waals surface area (Å²) in [6.45, 7) is 1.18. The molecule has 160 valence electrons. The van der Waals surface area contributed by atoms with Crippen LogP contribution in [0.1, 0.15) is 53.7 Å². The molecule has 3 N–H and O–H groups in total. The van der Waals surface area contributed by atoms with Gasteiger partial charge in [0.25, 0.3) is 0 Å². The highest BCUT2D eigenvalue weighted by Crippen LogP contribution is 2.45. The van der Waals surface area contributed by atoms with Gasteiger partial charge in [0.1, 0.15) is 17.6 Å². The molecule has 1 saturated heterocycles. The number of ether oxygens (including phenoxy) is 1. The van der Waals surface area contributed by atoms with Gasteiger partial charge in [0.15, 0.2) is 5.75 Å². The van der Waals surface area contributed by atoms with Crippen molar-refractivity contribution in [2.24, 2.45) is 0 Å². The monoisotopic (exact) mass is 419 g/mol. The number of carboxylic acid groups (broad SMARTS) is 1. The van der Waals surface area contributed by atoms with E-state index in [9.17, 15) is 19.1 Å². The van der Waals surface area contributed by atoms with Gasteiger partial charge in [-0.05, 0) is 25.3 Å². The lowest BCUT2D eigenvalue weighted by Gasteiger charge is -2.48. The van der Waals surface area contributed by atoms with Crippen LogP contribution in [0, 0.1) is 5.82 Å². The summed E-state index contributed by atoms with van der Waals surface area (Å²) >= 11 is 0. The Morgan fingerprint density at radius 2 is 2.13 bits per heavy atom. The number of aromatic carboxylic acids is 1. The first-order chi connectivity index (χ1) is 14.3. The molecule has 30 heavy (non-hydrogen) atoms. The second-order valence-corrected chi connectivity index (χ2v) is 8.55. The number of nitrogens with zero attached hydrogens (tertiary/aromatic N) is 1. The Kier molecular flexibility index (Phi) is 4.37. The van der Waals surface area contributed by atoms with Crippen LogP contribution in [0.5, 0.6) is 5.75 Å². The lowest BCUT2D eigenvalue weighted by Crippen LogP contribution is -2.63. The van der Waals surface area contributed by atoms with Crippen molar-refractivity contribution < 1.29 is 23.4 Å². The van der Waals surface area contributed by atoms with Gasteiger partial charge in [-0.25, -0.2) is 13.6 Å². The largest absolute Gasteiger partial charge is 0.494 e. The molecule has 3 atom stereocenters. The molecule has 0 bridgehead atoms. The van der Waals surface area contributed by atoms with Crippen molar-refractivity contribution in [3.63, 3.8) is 0 Å². The fraction of sp³-hybridized carbons (Fsp3) is 0.524. The second-order valence-electron chi connectivity index (χ2n) is 8.55. The van der Waals surface area contributed by atoms with Gasteiger partial charge in [0.05, 0.1) is 35.7 Å². The number of hydrogen-bond acceptors (Lipinski definition) is 5. The van der Waals surface area contributed by atoms with E-state index >= 15 is 4.39 Å². The molecular weight excluding hydrogens is 396 g/mol. The third-order valence-electron chi connectivity index (χ3n) is 6.76. The highest BCUT2D eigenvalue weighted by Gasteiger charge is 2.43. The minimum absolute atomic E-state index is 0.0605. The fourth-order valence-electron chi connectivity index (χ4n) is 4.79. The summed E-state index contributed by atoms with van der Waals surface area (Å²) in [5, 5.41) is 16.2. The Bertz CT molecular complexity index is 1100. The Balaban J connectivity index is 1.69. The summed E-state index contributed by atoms with van der Waals surface area (Å²) in [6.07, 6.45) is 3.51. The van der Waals surface area contributed by atoms with E-state index in [1.54, 1.807) is 0 Å². The number of carboxylic acids is 1. The maximum atomic E-state index is 15.3. The van der Waals surface area contributed by atoms with E-state index in [4.69, 9.17) is 4.74 Å². The highest BCUT2D eigenvalue weighted by atomic mass is 19.1. The average Bonchev–Trinajstić information content (AvgIpc) is 3.42. The molecule has 3 unspecified atom stereocenters. The van der Waals surface area contributed by atoms with Crippen molar-refractivity contribution >= 4 is 16.9 Å². The van der Waals surface area contributed by atoms with Crippen molar-refractivity contribution in [2.45, 2.75) is 49.5 Å². The number of benzene rings is 1. The van der Waals surface area contributed by atoms with Gasteiger partial charge < -0.3 is 25.0 Å². The number of hydrogen-bond donors (Lipinski definition) is 3. The number of rotatable bonds is 4. The molecule has 1 spiro atoms. The minimum Gasteiger partial charge on any atom is -0.494 e. The van der Waals surface area contributed by atoms with E-state index in [-0.39, 0.29) is 34.2 Å². The zero-order valence-electron chi connectivity index (χ0n) is 16.5. The predicted molar refractivity (Wildman–Crippen MR) is 106 cm³/mol. The fourth-order valence-corrected chi connectivity index (χ4v) is 4.79. The standard InChI is InChI=1S/C21H23F2N3O4/c1-30-19-16(14-7-25-21(9-24-14)3-2-4-21)13(23)5-10-17(19)26(15-6-12(15)22)8-11(18(10)27)20(28)29/h5,8,12,14-15,24-25H,2-4,6-7,9H2,1H3,(H,28,29). The topological polar surface area (TPSA) is 92.6 Å². The molecule has 2 saturated carbocycles. The lowest BCUT2D eigenvalue weighted by molar-refractivity contribution is 0.0694. The number of methoxy groups -OCH3 is 1. The van der Waals surface area contributed by atoms with Crippen LogP contribution in [-0.2, 0) is 0 Å². The maximum absolute atomic E-state index is 15.3. The van der Waals surface area contributed by atoms with Crippen molar-refractivity contribution in [1.82, 2.24) is 15.2 Å². The number of nitrogens with one attached hydrogen (secondary N) is 2. The van der Waals surface area contributed by atoms with Crippen LogP contribution in [0.4, 0.5) is 8.78 Å². The minimum atomic E-state index is -1.43. The van der Waals surface area contributed by atoms with E-state index < -0.39 is 41.0 Å². The van der Waals surface area contributed by atoms with Crippen LogP contribution >= 0.6 is 0 Å². The van der Waals surface area contributed by atoms with Gasteiger partial charge in [-0.1, -0.05) is 0 Å². The van der Waals surface area contributed by atoms with Crippen molar-refractivity contribution in [3.05, 3.63) is 39.4 Å². The number of piperazine rings is 1. The van der Waals surface area contributed by atoms with Gasteiger partial charge in [0.2, 0.25) is 5.43 Å². The summed E-state index contributed by atoms with van der Waals surface area (Å²) < 4.78 is 36.2.